The molecule has 0 aliphatic carbocycles. The van der Waals surface area contributed by atoms with E-state index in [-0.39, 0.29) is 11.5 Å². The highest BCUT2D eigenvalue weighted by molar-refractivity contribution is 5.90. The largest absolute Gasteiger partial charge is 0.383 e. The number of aryl methyl sites for hydroxylation is 1. The van der Waals surface area contributed by atoms with Crippen molar-refractivity contribution in [3.8, 4) is 0 Å². The van der Waals surface area contributed by atoms with Gasteiger partial charge in [0.25, 0.3) is 17.4 Å². The number of hydrogen-bond donors (Lipinski definition) is 2. The minimum atomic E-state index is -0.456. The Kier molecular flexibility index (Phi) is 4.50. The van der Waals surface area contributed by atoms with E-state index in [9.17, 15) is 14.9 Å². The maximum Gasteiger partial charge on any atom is 0.291 e. The van der Waals surface area contributed by atoms with Crippen molar-refractivity contribution in [1.29, 1.82) is 0 Å². The molecule has 10 heteroatoms. The molecule has 25 heavy (non-hydrogen) atoms. The molecule has 0 fully saturated rings. The first-order valence-electron chi connectivity index (χ1n) is 7.49. The minimum Gasteiger partial charge on any atom is -0.383 e. The van der Waals surface area contributed by atoms with Crippen LogP contribution in [-0.2, 0) is 0 Å². The van der Waals surface area contributed by atoms with Crippen LogP contribution in [0.25, 0.3) is 5.78 Å². The van der Waals surface area contributed by atoms with Crippen molar-refractivity contribution >= 4 is 23.1 Å². The summed E-state index contributed by atoms with van der Waals surface area (Å²) in [4.78, 5) is 30.3. The molecule has 0 spiro atoms. The van der Waals surface area contributed by atoms with Crippen LogP contribution in [-0.4, -0.2) is 43.5 Å². The van der Waals surface area contributed by atoms with Crippen molar-refractivity contribution in [2.75, 3.05) is 18.4 Å². The summed E-state index contributed by atoms with van der Waals surface area (Å²) in [5.41, 5.74) is 1.59. The fourth-order valence-electron chi connectivity index (χ4n) is 2.17. The lowest BCUT2D eigenvalue weighted by Crippen LogP contribution is -2.29. The Morgan fingerprint density at radius 1 is 1.24 bits per heavy atom. The van der Waals surface area contributed by atoms with Gasteiger partial charge in [-0.2, -0.15) is 4.98 Å². The Bertz CT molecular complexity index is 921. The first kappa shape index (κ1) is 16.3. The van der Waals surface area contributed by atoms with E-state index in [2.05, 4.69) is 25.7 Å². The van der Waals surface area contributed by atoms with E-state index in [1.807, 2.05) is 6.92 Å². The number of benzene rings is 1. The average molecular weight is 341 g/mol. The van der Waals surface area contributed by atoms with E-state index in [1.54, 1.807) is 24.4 Å². The molecule has 0 atom stereocenters. The number of nitrogens with one attached hydrogen (secondary N) is 2. The van der Waals surface area contributed by atoms with Gasteiger partial charge < -0.3 is 10.6 Å². The van der Waals surface area contributed by atoms with E-state index >= 15 is 0 Å². The van der Waals surface area contributed by atoms with Gasteiger partial charge in [-0.15, -0.1) is 5.10 Å². The standard InChI is InChI=1S/C15H15N7O3/c1-10-6-7-18-15-19-13(20-21(10)15)14(23)17-9-8-16-11-2-4-12(5-3-11)22(24)25/h2-7,16H,8-9H2,1H3,(H,17,23). The second-order valence-corrected chi connectivity index (χ2v) is 5.22. The first-order valence-corrected chi connectivity index (χ1v) is 7.49. The predicted octanol–water partition coefficient (Wildman–Crippen LogP) is 1.18. The van der Waals surface area contributed by atoms with Gasteiger partial charge in [0.1, 0.15) is 0 Å². The molecular weight excluding hydrogens is 326 g/mol. The quantitative estimate of drug-likeness (QED) is 0.391. The van der Waals surface area contributed by atoms with Crippen LogP contribution in [0.5, 0.6) is 0 Å². The second kappa shape index (κ2) is 6.91. The third-order valence-corrected chi connectivity index (χ3v) is 3.45. The molecule has 0 aliphatic heterocycles. The lowest BCUT2D eigenvalue weighted by molar-refractivity contribution is -0.384. The van der Waals surface area contributed by atoms with Crippen LogP contribution >= 0.6 is 0 Å². The van der Waals surface area contributed by atoms with Crippen LogP contribution < -0.4 is 10.6 Å². The first-order chi connectivity index (χ1) is 12.0. The number of rotatable bonds is 6. The summed E-state index contributed by atoms with van der Waals surface area (Å²) in [6, 6.07) is 7.82. The molecule has 2 heterocycles. The van der Waals surface area contributed by atoms with E-state index in [0.717, 1.165) is 11.4 Å². The summed E-state index contributed by atoms with van der Waals surface area (Å²) >= 11 is 0. The van der Waals surface area contributed by atoms with Gasteiger partial charge in [-0.1, -0.05) is 0 Å². The van der Waals surface area contributed by atoms with Gasteiger partial charge in [-0.05, 0) is 25.1 Å². The van der Waals surface area contributed by atoms with Gasteiger partial charge in [0.15, 0.2) is 0 Å². The van der Waals surface area contributed by atoms with Gasteiger partial charge in [-0.25, -0.2) is 9.50 Å². The maximum absolute atomic E-state index is 12.1. The number of non-ortho nitro benzene ring substituents is 1. The molecule has 3 aromatic rings. The summed E-state index contributed by atoms with van der Waals surface area (Å²) in [6.45, 7) is 2.64. The molecule has 0 aliphatic rings. The summed E-state index contributed by atoms with van der Waals surface area (Å²) in [6.07, 6.45) is 1.61. The summed E-state index contributed by atoms with van der Waals surface area (Å²) in [5.74, 6) is 0.0293. The van der Waals surface area contributed by atoms with E-state index in [0.29, 0.717) is 18.9 Å². The van der Waals surface area contributed by atoms with Gasteiger partial charge in [0.2, 0.25) is 5.82 Å². The molecule has 0 saturated heterocycles. The SMILES string of the molecule is Cc1ccnc2nc(C(=O)NCCNc3ccc([N+](=O)[O-])cc3)nn12. The third-order valence-electron chi connectivity index (χ3n) is 3.45. The Morgan fingerprint density at radius 3 is 2.68 bits per heavy atom. The topological polar surface area (TPSA) is 127 Å². The molecule has 2 N–H and O–H groups in total. The summed E-state index contributed by atoms with van der Waals surface area (Å²) in [7, 11) is 0. The molecule has 1 amide bonds. The van der Waals surface area contributed by atoms with Crippen molar-refractivity contribution in [3.05, 3.63) is 58.2 Å². The third kappa shape index (κ3) is 3.68. The Labute approximate surface area is 142 Å². The summed E-state index contributed by atoms with van der Waals surface area (Å²) < 4.78 is 1.50. The fraction of sp³-hybridized carbons (Fsp3) is 0.200. The van der Waals surface area contributed by atoms with Crippen LogP contribution in [0.4, 0.5) is 11.4 Å². The predicted molar refractivity (Wildman–Crippen MR) is 89.4 cm³/mol. The van der Waals surface area contributed by atoms with Crippen molar-refractivity contribution in [1.82, 2.24) is 24.9 Å². The number of carbonyl (C=O) groups is 1. The number of amides is 1. The highest BCUT2D eigenvalue weighted by Gasteiger charge is 2.13. The van der Waals surface area contributed by atoms with Crippen molar-refractivity contribution < 1.29 is 9.72 Å². The van der Waals surface area contributed by atoms with Crippen molar-refractivity contribution in [3.63, 3.8) is 0 Å². The molecule has 2 aromatic heterocycles. The summed E-state index contributed by atoms with van der Waals surface area (Å²) in [5, 5.41) is 20.5. The Balaban J connectivity index is 1.52. The maximum atomic E-state index is 12.1. The molecule has 1 aromatic carbocycles. The number of fused-ring (bicyclic) bond motifs is 1. The average Bonchev–Trinajstić information content (AvgIpc) is 3.05. The second-order valence-electron chi connectivity index (χ2n) is 5.22. The van der Waals surface area contributed by atoms with E-state index in [1.165, 1.54) is 16.6 Å². The molecule has 3 rings (SSSR count). The molecule has 10 nitrogen and oxygen atoms in total. The van der Waals surface area contributed by atoms with Gasteiger partial charge >= 0.3 is 0 Å². The van der Waals surface area contributed by atoms with Gasteiger partial charge in [-0.3, -0.25) is 14.9 Å². The number of hydrogen-bond acceptors (Lipinski definition) is 7. The lowest BCUT2D eigenvalue weighted by atomic mass is 10.3. The zero-order valence-electron chi connectivity index (χ0n) is 13.3. The van der Waals surface area contributed by atoms with Crippen LogP contribution in [0.1, 0.15) is 16.3 Å². The normalized spacial score (nSPS) is 10.6. The van der Waals surface area contributed by atoms with Gasteiger partial charge in [0.05, 0.1) is 4.92 Å². The van der Waals surface area contributed by atoms with Crippen molar-refractivity contribution in [2.24, 2.45) is 0 Å². The monoisotopic (exact) mass is 341 g/mol. The van der Waals surface area contributed by atoms with Crippen LogP contribution in [0.3, 0.4) is 0 Å². The van der Waals surface area contributed by atoms with E-state index in [4.69, 9.17) is 0 Å². The number of nitro groups is 1. The molecule has 0 saturated carbocycles. The number of nitro benzene ring substituents is 1. The van der Waals surface area contributed by atoms with Gasteiger partial charge in [0, 0.05) is 42.8 Å². The Hall–Kier alpha value is -3.56. The van der Waals surface area contributed by atoms with Crippen LogP contribution in [0, 0.1) is 17.0 Å². The molecule has 0 unspecified atom stereocenters. The highest BCUT2D eigenvalue weighted by atomic mass is 16.6. The number of carbonyl (C=O) groups excluding carboxylic acids is 1. The fourth-order valence-corrected chi connectivity index (χ4v) is 2.17. The Morgan fingerprint density at radius 2 is 2.00 bits per heavy atom. The molecule has 0 bridgehead atoms. The van der Waals surface area contributed by atoms with Crippen LogP contribution in [0.2, 0.25) is 0 Å². The number of nitrogens with zero attached hydrogens (tertiary/aromatic N) is 5. The molecular formula is C15H15N7O3. The lowest BCUT2D eigenvalue weighted by Gasteiger charge is -2.06. The van der Waals surface area contributed by atoms with E-state index < -0.39 is 10.8 Å². The number of aromatic nitrogens is 4. The van der Waals surface area contributed by atoms with Crippen molar-refractivity contribution in [2.45, 2.75) is 6.92 Å². The highest BCUT2D eigenvalue weighted by Crippen LogP contribution is 2.14. The molecule has 0 radical (unpaired) electrons. The molecule has 128 valence electrons. The minimum absolute atomic E-state index is 0.0284. The van der Waals surface area contributed by atoms with Crippen LogP contribution in [0.15, 0.2) is 36.5 Å². The zero-order chi connectivity index (χ0) is 17.8. The zero-order valence-corrected chi connectivity index (χ0v) is 13.3. The smallest absolute Gasteiger partial charge is 0.291 e. The number of anilines is 1.